The van der Waals surface area contributed by atoms with Crippen LogP contribution in [0.25, 0.3) is 0 Å². The minimum absolute atomic E-state index is 0.312. The number of amides is 1. The number of hydrogen-bond acceptors (Lipinski definition) is 6. The van der Waals surface area contributed by atoms with E-state index in [1.807, 2.05) is 12.1 Å². The highest BCUT2D eigenvalue weighted by Gasteiger charge is 2.33. The summed E-state index contributed by atoms with van der Waals surface area (Å²) in [6.07, 6.45) is 2.09. The monoisotopic (exact) mass is 371 g/mol. The maximum atomic E-state index is 12.7. The minimum atomic E-state index is -0.917. The van der Waals surface area contributed by atoms with E-state index in [2.05, 4.69) is 5.32 Å². The topological polar surface area (TPSA) is 81.7 Å². The maximum absolute atomic E-state index is 12.7. The van der Waals surface area contributed by atoms with Crippen LogP contribution in [0.1, 0.15) is 43.1 Å². The van der Waals surface area contributed by atoms with Gasteiger partial charge < -0.3 is 14.8 Å². The number of cyclic esters (lactones) is 1. The van der Waals surface area contributed by atoms with Crippen molar-refractivity contribution in [1.82, 2.24) is 0 Å². The molecule has 0 fully saturated rings. The lowest BCUT2D eigenvalue weighted by molar-refractivity contribution is -0.125. The van der Waals surface area contributed by atoms with Crippen molar-refractivity contribution in [3.05, 3.63) is 51.4 Å². The number of esters is 2. The van der Waals surface area contributed by atoms with Gasteiger partial charge in [-0.25, -0.2) is 9.59 Å². The van der Waals surface area contributed by atoms with Gasteiger partial charge in [-0.3, -0.25) is 4.79 Å². The third-order valence-electron chi connectivity index (χ3n) is 4.73. The van der Waals surface area contributed by atoms with E-state index in [4.69, 9.17) is 9.47 Å². The van der Waals surface area contributed by atoms with Crippen LogP contribution in [0.15, 0.2) is 24.3 Å². The summed E-state index contributed by atoms with van der Waals surface area (Å²) in [7, 11) is 1.33. The summed E-state index contributed by atoms with van der Waals surface area (Å²) in [6.45, 7) is 0. The fourth-order valence-corrected chi connectivity index (χ4v) is 4.76. The molecule has 0 unspecified atom stereocenters. The molecule has 2 aromatic rings. The molecule has 2 heterocycles. The van der Waals surface area contributed by atoms with E-state index in [0.717, 1.165) is 35.3 Å². The number of hydrogen-bond donors (Lipinski definition) is 1. The maximum Gasteiger partial charge on any atom is 0.341 e. The predicted molar refractivity (Wildman–Crippen MR) is 95.7 cm³/mol. The molecule has 4 rings (SSSR count). The molecule has 0 spiro atoms. The first-order valence-electron chi connectivity index (χ1n) is 8.41. The van der Waals surface area contributed by atoms with Crippen LogP contribution in [0, 0.1) is 0 Å². The summed E-state index contributed by atoms with van der Waals surface area (Å²) >= 11 is 1.40. The Bertz CT molecular complexity index is 917. The zero-order valence-corrected chi connectivity index (χ0v) is 15.0. The van der Waals surface area contributed by atoms with Gasteiger partial charge in [-0.2, -0.15) is 0 Å². The van der Waals surface area contributed by atoms with E-state index in [0.29, 0.717) is 22.5 Å². The number of benzene rings is 1. The van der Waals surface area contributed by atoms with Crippen molar-refractivity contribution in [3.8, 4) is 0 Å². The number of rotatable bonds is 3. The zero-order valence-electron chi connectivity index (χ0n) is 14.2. The lowest BCUT2D eigenvalue weighted by Crippen LogP contribution is -2.38. The smallest absolute Gasteiger partial charge is 0.341 e. The Morgan fingerprint density at radius 1 is 1.27 bits per heavy atom. The van der Waals surface area contributed by atoms with Crippen molar-refractivity contribution in [2.24, 2.45) is 0 Å². The first kappa shape index (κ1) is 16.8. The van der Waals surface area contributed by atoms with Crippen molar-refractivity contribution in [3.63, 3.8) is 0 Å². The first-order valence-corrected chi connectivity index (χ1v) is 9.22. The van der Waals surface area contributed by atoms with Gasteiger partial charge in [0.2, 0.25) is 0 Å². The van der Waals surface area contributed by atoms with Crippen LogP contribution in [-0.4, -0.2) is 31.1 Å². The Kier molecular flexibility index (Phi) is 4.24. The zero-order chi connectivity index (χ0) is 18.3. The summed E-state index contributed by atoms with van der Waals surface area (Å²) in [5.41, 5.74) is 2.66. The molecule has 1 aliphatic carbocycles. The molecule has 26 heavy (non-hydrogen) atoms. The number of thiophene rings is 1. The van der Waals surface area contributed by atoms with Gasteiger partial charge in [0, 0.05) is 11.3 Å². The number of anilines is 1. The quantitative estimate of drug-likeness (QED) is 0.839. The molecule has 6 nitrogen and oxygen atoms in total. The second kappa shape index (κ2) is 6.57. The SMILES string of the molecule is COC(=O)c1c(NC(=O)[C@H]2Cc3ccccc3C(=O)O2)sc2c1CCC2. The minimum Gasteiger partial charge on any atom is -0.465 e. The van der Waals surface area contributed by atoms with Crippen molar-refractivity contribution in [2.75, 3.05) is 12.4 Å². The second-order valence-electron chi connectivity index (χ2n) is 6.30. The van der Waals surface area contributed by atoms with Gasteiger partial charge in [0.05, 0.1) is 18.2 Å². The van der Waals surface area contributed by atoms with Crippen LogP contribution < -0.4 is 5.32 Å². The average molecular weight is 371 g/mol. The highest BCUT2D eigenvalue weighted by molar-refractivity contribution is 7.17. The van der Waals surface area contributed by atoms with E-state index in [9.17, 15) is 14.4 Å². The molecular formula is C19H17NO5S. The van der Waals surface area contributed by atoms with Crippen LogP contribution in [0.4, 0.5) is 5.00 Å². The number of ether oxygens (including phenoxy) is 2. The van der Waals surface area contributed by atoms with Crippen molar-refractivity contribution in [2.45, 2.75) is 31.8 Å². The van der Waals surface area contributed by atoms with Crippen molar-refractivity contribution < 1.29 is 23.9 Å². The third-order valence-corrected chi connectivity index (χ3v) is 5.94. The first-order chi connectivity index (χ1) is 12.6. The molecular weight excluding hydrogens is 354 g/mol. The molecule has 0 saturated heterocycles. The van der Waals surface area contributed by atoms with Crippen LogP contribution in [0.2, 0.25) is 0 Å². The molecule has 7 heteroatoms. The summed E-state index contributed by atoms with van der Waals surface area (Å²) in [5, 5.41) is 3.25. The van der Waals surface area contributed by atoms with Gasteiger partial charge >= 0.3 is 11.9 Å². The summed E-state index contributed by atoms with van der Waals surface area (Å²) in [5.74, 6) is -1.39. The van der Waals surface area contributed by atoms with E-state index in [-0.39, 0.29) is 0 Å². The Hall–Kier alpha value is -2.67. The van der Waals surface area contributed by atoms with Gasteiger partial charge in [0.1, 0.15) is 5.00 Å². The fourth-order valence-electron chi connectivity index (χ4n) is 3.48. The third kappa shape index (κ3) is 2.78. The van der Waals surface area contributed by atoms with Crippen LogP contribution >= 0.6 is 11.3 Å². The molecule has 1 atom stereocenters. The predicted octanol–water partition coefficient (Wildman–Crippen LogP) is 2.74. The van der Waals surface area contributed by atoms with Crippen molar-refractivity contribution in [1.29, 1.82) is 0 Å². The molecule has 1 aromatic carbocycles. The number of aryl methyl sites for hydroxylation is 1. The molecule has 134 valence electrons. The molecule has 1 amide bonds. The van der Waals surface area contributed by atoms with E-state index in [1.165, 1.54) is 18.4 Å². The Morgan fingerprint density at radius 3 is 2.88 bits per heavy atom. The highest BCUT2D eigenvalue weighted by atomic mass is 32.1. The lowest BCUT2D eigenvalue weighted by Gasteiger charge is -2.23. The number of methoxy groups -OCH3 is 1. The van der Waals surface area contributed by atoms with E-state index < -0.39 is 23.9 Å². The Balaban J connectivity index is 1.58. The van der Waals surface area contributed by atoms with Crippen LogP contribution in [0.5, 0.6) is 0 Å². The van der Waals surface area contributed by atoms with Gasteiger partial charge in [0.25, 0.3) is 5.91 Å². The Morgan fingerprint density at radius 2 is 2.08 bits per heavy atom. The fraction of sp³-hybridized carbons (Fsp3) is 0.316. The normalized spacial score (nSPS) is 17.9. The molecule has 0 saturated carbocycles. The van der Waals surface area contributed by atoms with Crippen LogP contribution in [-0.2, 0) is 33.5 Å². The number of fused-ring (bicyclic) bond motifs is 2. The number of carbonyl (C=O) groups is 3. The van der Waals surface area contributed by atoms with E-state index in [1.54, 1.807) is 12.1 Å². The summed E-state index contributed by atoms with van der Waals surface area (Å²) in [4.78, 5) is 38.1. The Labute approximate surface area is 154 Å². The number of nitrogens with one attached hydrogen (secondary N) is 1. The van der Waals surface area contributed by atoms with Gasteiger partial charge in [-0.05, 0) is 36.5 Å². The largest absolute Gasteiger partial charge is 0.465 e. The molecule has 1 aromatic heterocycles. The summed E-state index contributed by atoms with van der Waals surface area (Å²) in [6, 6.07) is 7.09. The molecule has 2 aliphatic rings. The molecule has 0 radical (unpaired) electrons. The van der Waals surface area contributed by atoms with Crippen LogP contribution in [0.3, 0.4) is 0 Å². The number of carbonyl (C=O) groups excluding carboxylic acids is 3. The average Bonchev–Trinajstić information content (AvgIpc) is 3.21. The molecule has 1 N–H and O–H groups in total. The van der Waals surface area contributed by atoms with Gasteiger partial charge in [-0.1, -0.05) is 18.2 Å². The highest BCUT2D eigenvalue weighted by Crippen LogP contribution is 2.39. The lowest BCUT2D eigenvalue weighted by atomic mass is 9.98. The summed E-state index contributed by atoms with van der Waals surface area (Å²) < 4.78 is 10.2. The molecule has 0 bridgehead atoms. The molecule has 1 aliphatic heterocycles. The van der Waals surface area contributed by atoms with Gasteiger partial charge in [-0.15, -0.1) is 11.3 Å². The van der Waals surface area contributed by atoms with E-state index >= 15 is 0 Å². The van der Waals surface area contributed by atoms with Crippen molar-refractivity contribution >= 4 is 34.2 Å². The van der Waals surface area contributed by atoms with Gasteiger partial charge in [0.15, 0.2) is 6.10 Å². The second-order valence-corrected chi connectivity index (χ2v) is 7.40. The standard InChI is InChI=1S/C19H17NO5S/c1-24-19(23)15-12-7-4-8-14(12)26-17(15)20-16(21)13-9-10-5-2-3-6-11(10)18(22)25-13/h2-3,5-6,13H,4,7-9H2,1H3,(H,20,21)/t13-/m1/s1.